The van der Waals surface area contributed by atoms with Crippen LogP contribution in [-0.4, -0.2) is 9.13 Å². The second-order valence-corrected chi connectivity index (χ2v) is 14.5. The van der Waals surface area contributed by atoms with Gasteiger partial charge in [0.05, 0.1) is 33.4 Å². The Morgan fingerprint density at radius 2 is 0.825 bits per heavy atom. The summed E-state index contributed by atoms with van der Waals surface area (Å²) in [6.45, 7) is 0. The predicted octanol–water partition coefficient (Wildman–Crippen LogP) is 14.7. The topological polar surface area (TPSA) is 13.1 Å². The minimum absolute atomic E-state index is 1.08. The third-order valence-electron chi connectivity index (χ3n) is 11.3. The van der Waals surface area contributed by atoms with Gasteiger partial charge >= 0.3 is 0 Å². The molecule has 0 saturated heterocycles. The van der Waals surface area contributed by atoms with E-state index in [1.807, 2.05) is 0 Å². The van der Waals surface area contributed by atoms with Crippen molar-refractivity contribution < 1.29 is 0 Å². The first-order valence-corrected chi connectivity index (χ1v) is 19.5. The molecule has 0 N–H and O–H groups in total. The Hall–Kier alpha value is -7.62. The number of hydrogen-bond acceptors (Lipinski definition) is 1. The first kappa shape index (κ1) is 32.8. The summed E-state index contributed by atoms with van der Waals surface area (Å²) in [5.41, 5.74) is 14.9. The van der Waals surface area contributed by atoms with E-state index in [4.69, 9.17) is 0 Å². The van der Waals surface area contributed by atoms with Crippen molar-refractivity contribution in [2.24, 2.45) is 0 Å². The molecule has 0 radical (unpaired) electrons. The Morgan fingerprint density at radius 3 is 1.51 bits per heavy atom. The summed E-state index contributed by atoms with van der Waals surface area (Å²) in [6.07, 6.45) is 0. The molecule has 11 rings (SSSR count). The van der Waals surface area contributed by atoms with Crippen molar-refractivity contribution in [1.29, 1.82) is 0 Å². The highest BCUT2D eigenvalue weighted by Gasteiger charge is 2.25. The predicted molar refractivity (Wildman–Crippen MR) is 241 cm³/mol. The van der Waals surface area contributed by atoms with Crippen molar-refractivity contribution in [3.8, 4) is 33.6 Å². The van der Waals surface area contributed by atoms with Crippen LogP contribution in [0.5, 0.6) is 0 Å². The molecule has 0 spiro atoms. The van der Waals surface area contributed by atoms with Gasteiger partial charge in [-0.3, -0.25) is 0 Å². The zero-order valence-electron chi connectivity index (χ0n) is 31.2. The van der Waals surface area contributed by atoms with Crippen molar-refractivity contribution in [1.82, 2.24) is 9.13 Å². The number of anilines is 3. The van der Waals surface area contributed by atoms with Gasteiger partial charge in [-0.2, -0.15) is 0 Å². The average Bonchev–Trinajstić information content (AvgIpc) is 3.81. The van der Waals surface area contributed by atoms with Crippen LogP contribution in [0, 0.1) is 0 Å². The highest BCUT2D eigenvalue weighted by atomic mass is 15.2. The van der Waals surface area contributed by atoms with Gasteiger partial charge in [0.1, 0.15) is 0 Å². The summed E-state index contributed by atoms with van der Waals surface area (Å²) in [5.74, 6) is 0. The third-order valence-corrected chi connectivity index (χ3v) is 11.3. The molecule has 3 heteroatoms. The molecule has 9 aromatic carbocycles. The van der Waals surface area contributed by atoms with Gasteiger partial charge < -0.3 is 14.0 Å². The molecular formula is C54H37N3. The molecule has 0 fully saturated rings. The van der Waals surface area contributed by atoms with Gasteiger partial charge in [0, 0.05) is 44.2 Å². The molecule has 0 atom stereocenters. The van der Waals surface area contributed by atoms with Gasteiger partial charge in [-0.15, -0.1) is 0 Å². The second kappa shape index (κ2) is 13.6. The van der Waals surface area contributed by atoms with Crippen LogP contribution < -0.4 is 4.90 Å². The van der Waals surface area contributed by atoms with Crippen LogP contribution in [0.3, 0.4) is 0 Å². The van der Waals surface area contributed by atoms with E-state index in [1.54, 1.807) is 0 Å². The highest BCUT2D eigenvalue weighted by Crippen LogP contribution is 2.48. The number of fused-ring (bicyclic) bond motifs is 6. The van der Waals surface area contributed by atoms with Gasteiger partial charge in [-0.05, 0) is 89.5 Å². The first-order valence-electron chi connectivity index (χ1n) is 19.5. The van der Waals surface area contributed by atoms with Crippen LogP contribution >= 0.6 is 0 Å². The lowest BCUT2D eigenvalue weighted by molar-refractivity contribution is 1.17. The molecule has 0 aliphatic heterocycles. The lowest BCUT2D eigenvalue weighted by Crippen LogP contribution is -2.12. The largest absolute Gasteiger partial charge is 0.309 e. The van der Waals surface area contributed by atoms with Crippen molar-refractivity contribution in [3.63, 3.8) is 0 Å². The Labute approximate surface area is 331 Å². The minimum Gasteiger partial charge on any atom is -0.309 e. The molecule has 0 aliphatic carbocycles. The smallest absolute Gasteiger partial charge is 0.0562 e. The fourth-order valence-corrected chi connectivity index (χ4v) is 8.79. The third kappa shape index (κ3) is 5.43. The number of nitrogens with zero attached hydrogens (tertiary/aromatic N) is 3. The summed E-state index contributed by atoms with van der Waals surface area (Å²) < 4.78 is 4.81. The lowest BCUT2D eigenvalue weighted by atomic mass is 9.96. The maximum atomic E-state index is 2.49. The Kier molecular flexibility index (Phi) is 7.82. The first-order chi connectivity index (χ1) is 28.3. The zero-order chi connectivity index (χ0) is 37.7. The van der Waals surface area contributed by atoms with E-state index in [9.17, 15) is 0 Å². The number of para-hydroxylation sites is 4. The van der Waals surface area contributed by atoms with Crippen LogP contribution in [0.4, 0.5) is 17.1 Å². The number of aromatic nitrogens is 2. The summed E-state index contributed by atoms with van der Waals surface area (Å²) >= 11 is 0. The van der Waals surface area contributed by atoms with Crippen molar-refractivity contribution in [2.45, 2.75) is 0 Å². The Bertz CT molecular complexity index is 3220. The second-order valence-electron chi connectivity index (χ2n) is 14.5. The zero-order valence-corrected chi connectivity index (χ0v) is 31.2. The van der Waals surface area contributed by atoms with Crippen molar-refractivity contribution in [2.75, 3.05) is 4.90 Å². The van der Waals surface area contributed by atoms with E-state index in [2.05, 4.69) is 238 Å². The summed E-state index contributed by atoms with van der Waals surface area (Å²) in [7, 11) is 0. The van der Waals surface area contributed by atoms with E-state index < -0.39 is 0 Å². The van der Waals surface area contributed by atoms with E-state index in [0.717, 1.165) is 50.6 Å². The van der Waals surface area contributed by atoms with E-state index in [1.165, 1.54) is 43.7 Å². The van der Waals surface area contributed by atoms with E-state index >= 15 is 0 Å². The summed E-state index contributed by atoms with van der Waals surface area (Å²) in [5, 5.41) is 4.87. The fourth-order valence-electron chi connectivity index (χ4n) is 8.79. The minimum atomic E-state index is 1.08. The molecule has 57 heavy (non-hydrogen) atoms. The molecule has 0 saturated carbocycles. The number of rotatable bonds is 7. The average molecular weight is 728 g/mol. The number of benzene rings is 9. The van der Waals surface area contributed by atoms with E-state index in [0.29, 0.717) is 0 Å². The van der Waals surface area contributed by atoms with Crippen LogP contribution in [0.15, 0.2) is 224 Å². The highest BCUT2D eigenvalue weighted by molar-refractivity contribution is 6.17. The fraction of sp³-hybridized carbons (Fsp3) is 0. The molecule has 3 nitrogen and oxygen atoms in total. The van der Waals surface area contributed by atoms with Crippen LogP contribution in [0.25, 0.3) is 77.2 Å². The Morgan fingerprint density at radius 1 is 0.298 bits per heavy atom. The number of hydrogen-bond donors (Lipinski definition) is 0. The molecular weight excluding hydrogens is 691 g/mol. The van der Waals surface area contributed by atoms with Crippen LogP contribution in [0.1, 0.15) is 0 Å². The van der Waals surface area contributed by atoms with Gasteiger partial charge in [-0.25, -0.2) is 0 Å². The molecule has 11 aromatic rings. The van der Waals surface area contributed by atoms with Gasteiger partial charge in [0.15, 0.2) is 0 Å². The molecule has 2 heterocycles. The van der Waals surface area contributed by atoms with Crippen molar-refractivity contribution >= 4 is 60.7 Å². The molecule has 2 aromatic heterocycles. The maximum Gasteiger partial charge on any atom is 0.0562 e. The normalized spacial score (nSPS) is 11.5. The SMILES string of the molecule is c1ccc(-c2ccc(N(c3ccc4c5ccccc5n(-c5ccccc5)c4c3)c3cccc4c3c3ccccc3n4-c3ccccc3)c(-c3ccccc3)c2)cc1. The molecule has 0 aliphatic rings. The lowest BCUT2D eigenvalue weighted by Gasteiger charge is -2.29. The van der Waals surface area contributed by atoms with Crippen molar-refractivity contribution in [3.05, 3.63) is 224 Å². The van der Waals surface area contributed by atoms with Gasteiger partial charge in [-0.1, -0.05) is 152 Å². The van der Waals surface area contributed by atoms with E-state index in [-0.39, 0.29) is 0 Å². The van der Waals surface area contributed by atoms with Gasteiger partial charge in [0.2, 0.25) is 0 Å². The van der Waals surface area contributed by atoms with Crippen LogP contribution in [-0.2, 0) is 0 Å². The summed E-state index contributed by atoms with van der Waals surface area (Å²) in [6, 6.07) is 81.2. The quantitative estimate of drug-likeness (QED) is 0.159. The summed E-state index contributed by atoms with van der Waals surface area (Å²) in [4.78, 5) is 2.49. The molecule has 0 unspecified atom stereocenters. The van der Waals surface area contributed by atoms with Crippen LogP contribution in [0.2, 0.25) is 0 Å². The standard InChI is InChI=1S/C54H37N3/c1-5-18-38(19-6-1)40-32-35-50(47(36-40)39-20-7-2-8-21-39)57(43-33-34-45-44-26-13-15-28-48(44)56(53(45)37-43)42-24-11-4-12-25-42)52-31-17-30-51-54(52)46-27-14-16-29-49(46)55(51)41-22-9-3-10-23-41/h1-37H. The molecule has 0 amide bonds. The Balaban J connectivity index is 1.26. The molecule has 0 bridgehead atoms. The monoisotopic (exact) mass is 727 g/mol. The maximum absolute atomic E-state index is 2.49. The molecule has 268 valence electrons. The van der Waals surface area contributed by atoms with Gasteiger partial charge in [0.25, 0.3) is 0 Å².